The predicted molar refractivity (Wildman–Crippen MR) is 58.6 cm³/mol. The van der Waals surface area contributed by atoms with E-state index >= 15 is 0 Å². The molecule has 0 aromatic heterocycles. The highest BCUT2D eigenvalue weighted by atomic mass is 35.5. The molecular formula is C10H14Cl2NO+. The van der Waals surface area contributed by atoms with Gasteiger partial charge in [0.1, 0.15) is 13.1 Å². The molecule has 4 heteroatoms. The van der Waals surface area contributed by atoms with Gasteiger partial charge in [0.05, 0.1) is 11.1 Å². The molecule has 0 saturated carbocycles. The second kappa shape index (κ2) is 5.56. The van der Waals surface area contributed by atoms with E-state index in [4.69, 9.17) is 28.3 Å². The fourth-order valence-electron chi connectivity index (χ4n) is 1.17. The van der Waals surface area contributed by atoms with Gasteiger partial charge in [0.15, 0.2) is 0 Å². The molecule has 78 valence electrons. The summed E-state index contributed by atoms with van der Waals surface area (Å²) in [5.74, 6) is 0. The van der Waals surface area contributed by atoms with Crippen molar-refractivity contribution in [2.75, 3.05) is 6.54 Å². The minimum Gasteiger partial charge on any atom is -0.388 e. The van der Waals surface area contributed by atoms with E-state index in [2.05, 4.69) is 0 Å². The van der Waals surface area contributed by atoms with Crippen molar-refractivity contribution >= 4 is 23.2 Å². The van der Waals surface area contributed by atoms with Crippen LogP contribution in [0.2, 0.25) is 10.0 Å². The van der Waals surface area contributed by atoms with Crippen molar-refractivity contribution in [1.29, 1.82) is 0 Å². The average molecular weight is 235 g/mol. The van der Waals surface area contributed by atoms with Gasteiger partial charge >= 0.3 is 0 Å². The normalized spacial score (nSPS) is 12.9. The summed E-state index contributed by atoms with van der Waals surface area (Å²) in [6.45, 7) is 3.21. The Balaban J connectivity index is 2.51. The number of benzene rings is 1. The van der Waals surface area contributed by atoms with E-state index in [1.807, 2.05) is 17.4 Å². The standard InChI is InChI=1S/C10H13Cl2NO/c1-7(14)5-13-6-8-2-3-9(11)4-10(8)12/h2-4,7,13-14H,5-6H2,1H3/p+1/t7-/m0/s1. The molecule has 0 bridgehead atoms. The second-order valence-corrected chi connectivity index (χ2v) is 4.16. The summed E-state index contributed by atoms with van der Waals surface area (Å²) in [5.41, 5.74) is 1.04. The van der Waals surface area contributed by atoms with E-state index < -0.39 is 0 Å². The van der Waals surface area contributed by atoms with Crippen molar-refractivity contribution in [2.45, 2.75) is 19.6 Å². The molecule has 0 heterocycles. The zero-order valence-electron chi connectivity index (χ0n) is 8.00. The summed E-state index contributed by atoms with van der Waals surface area (Å²) in [6, 6.07) is 5.46. The predicted octanol–water partition coefficient (Wildman–Crippen LogP) is 1.44. The molecule has 0 fully saturated rings. The maximum absolute atomic E-state index is 9.06. The molecule has 0 aliphatic heterocycles. The molecule has 0 saturated heterocycles. The number of aliphatic hydroxyl groups excluding tert-OH is 1. The topological polar surface area (TPSA) is 36.8 Å². The molecular weight excluding hydrogens is 221 g/mol. The van der Waals surface area contributed by atoms with E-state index in [1.165, 1.54) is 0 Å². The van der Waals surface area contributed by atoms with Gasteiger partial charge in [-0.05, 0) is 19.1 Å². The molecule has 14 heavy (non-hydrogen) atoms. The van der Waals surface area contributed by atoms with Gasteiger partial charge in [-0.2, -0.15) is 0 Å². The third-order valence-corrected chi connectivity index (χ3v) is 2.47. The van der Waals surface area contributed by atoms with Crippen LogP contribution in [0.3, 0.4) is 0 Å². The smallest absolute Gasteiger partial charge is 0.103 e. The monoisotopic (exact) mass is 234 g/mol. The number of halogens is 2. The number of hydrogen-bond acceptors (Lipinski definition) is 1. The lowest BCUT2D eigenvalue weighted by atomic mass is 10.2. The summed E-state index contributed by atoms with van der Waals surface area (Å²) < 4.78 is 0. The molecule has 1 atom stereocenters. The van der Waals surface area contributed by atoms with Crippen LogP contribution in [0.25, 0.3) is 0 Å². The molecule has 2 nitrogen and oxygen atoms in total. The minimum atomic E-state index is -0.291. The number of hydrogen-bond donors (Lipinski definition) is 2. The van der Waals surface area contributed by atoms with Gasteiger partial charge in [-0.15, -0.1) is 0 Å². The van der Waals surface area contributed by atoms with Gasteiger partial charge < -0.3 is 10.4 Å². The average Bonchev–Trinajstić information content (AvgIpc) is 2.08. The summed E-state index contributed by atoms with van der Waals surface area (Å²) >= 11 is 11.7. The first-order valence-corrected chi connectivity index (χ1v) is 5.29. The highest BCUT2D eigenvalue weighted by molar-refractivity contribution is 6.35. The van der Waals surface area contributed by atoms with Crippen molar-refractivity contribution < 1.29 is 10.4 Å². The van der Waals surface area contributed by atoms with Gasteiger partial charge in [-0.1, -0.05) is 29.3 Å². The Morgan fingerprint density at radius 1 is 1.43 bits per heavy atom. The Labute approximate surface area is 93.8 Å². The highest BCUT2D eigenvalue weighted by Gasteiger charge is 2.04. The molecule has 0 unspecified atom stereocenters. The highest BCUT2D eigenvalue weighted by Crippen LogP contribution is 2.19. The summed E-state index contributed by atoms with van der Waals surface area (Å²) in [5, 5.41) is 12.4. The number of aliphatic hydroxyl groups is 1. The Bertz CT molecular complexity index is 302. The fraction of sp³-hybridized carbons (Fsp3) is 0.400. The van der Waals surface area contributed by atoms with Crippen molar-refractivity contribution in [3.63, 3.8) is 0 Å². The van der Waals surface area contributed by atoms with Crippen molar-refractivity contribution in [3.8, 4) is 0 Å². The molecule has 0 amide bonds. The zero-order valence-corrected chi connectivity index (χ0v) is 9.52. The number of nitrogens with two attached hydrogens (primary N) is 1. The maximum Gasteiger partial charge on any atom is 0.103 e. The summed E-state index contributed by atoms with van der Waals surface area (Å²) in [4.78, 5) is 0. The van der Waals surface area contributed by atoms with Crippen molar-refractivity contribution in [3.05, 3.63) is 33.8 Å². The lowest BCUT2D eigenvalue weighted by Gasteiger charge is -2.05. The first-order chi connectivity index (χ1) is 6.59. The van der Waals surface area contributed by atoms with Crippen LogP contribution in [0, 0.1) is 0 Å². The molecule has 3 N–H and O–H groups in total. The van der Waals surface area contributed by atoms with E-state index in [9.17, 15) is 0 Å². The fourth-order valence-corrected chi connectivity index (χ4v) is 1.65. The molecule has 0 spiro atoms. The van der Waals surface area contributed by atoms with Gasteiger partial charge in [-0.25, -0.2) is 0 Å². The van der Waals surface area contributed by atoms with E-state index in [0.717, 1.165) is 12.1 Å². The Hall–Kier alpha value is -0.280. The molecule has 0 aliphatic rings. The molecule has 1 rings (SSSR count). The second-order valence-electron chi connectivity index (χ2n) is 3.31. The molecule has 0 aliphatic carbocycles. The third kappa shape index (κ3) is 3.84. The first-order valence-electron chi connectivity index (χ1n) is 4.53. The van der Waals surface area contributed by atoms with Crippen LogP contribution in [0.1, 0.15) is 12.5 Å². The Kier molecular flexibility index (Phi) is 4.69. The van der Waals surface area contributed by atoms with Crippen LogP contribution in [0.5, 0.6) is 0 Å². The number of rotatable bonds is 4. The summed E-state index contributed by atoms with van der Waals surface area (Å²) in [6.07, 6.45) is -0.291. The molecule has 1 aromatic carbocycles. The van der Waals surface area contributed by atoms with Gasteiger partial charge in [-0.3, -0.25) is 0 Å². The maximum atomic E-state index is 9.06. The quantitative estimate of drug-likeness (QED) is 0.814. The largest absolute Gasteiger partial charge is 0.388 e. The van der Waals surface area contributed by atoms with E-state index in [-0.39, 0.29) is 6.10 Å². The minimum absolute atomic E-state index is 0.291. The van der Waals surface area contributed by atoms with Crippen LogP contribution in [-0.2, 0) is 6.54 Å². The van der Waals surface area contributed by atoms with Crippen molar-refractivity contribution in [2.24, 2.45) is 0 Å². The summed E-state index contributed by atoms with van der Waals surface area (Å²) in [7, 11) is 0. The van der Waals surface area contributed by atoms with Gasteiger partial charge in [0, 0.05) is 10.6 Å². The van der Waals surface area contributed by atoms with Crippen LogP contribution < -0.4 is 5.32 Å². The Morgan fingerprint density at radius 3 is 2.71 bits per heavy atom. The van der Waals surface area contributed by atoms with Gasteiger partial charge in [0.25, 0.3) is 0 Å². The third-order valence-electron chi connectivity index (χ3n) is 1.89. The lowest BCUT2D eigenvalue weighted by Crippen LogP contribution is -2.84. The van der Waals surface area contributed by atoms with E-state index in [0.29, 0.717) is 16.6 Å². The van der Waals surface area contributed by atoms with Crippen molar-refractivity contribution in [1.82, 2.24) is 0 Å². The van der Waals surface area contributed by atoms with E-state index in [1.54, 1.807) is 13.0 Å². The first kappa shape index (κ1) is 11.8. The van der Waals surface area contributed by atoms with Crippen LogP contribution in [0.4, 0.5) is 0 Å². The lowest BCUT2D eigenvalue weighted by molar-refractivity contribution is -0.676. The zero-order chi connectivity index (χ0) is 10.6. The van der Waals surface area contributed by atoms with Crippen LogP contribution >= 0.6 is 23.2 Å². The van der Waals surface area contributed by atoms with Gasteiger partial charge in [0.2, 0.25) is 0 Å². The Morgan fingerprint density at radius 2 is 2.14 bits per heavy atom. The van der Waals surface area contributed by atoms with Crippen LogP contribution in [0.15, 0.2) is 18.2 Å². The molecule has 0 radical (unpaired) electrons. The number of quaternary nitrogens is 1. The SMILES string of the molecule is C[C@H](O)C[NH2+]Cc1ccc(Cl)cc1Cl. The van der Waals surface area contributed by atoms with Crippen LogP contribution in [-0.4, -0.2) is 17.8 Å². The molecule has 1 aromatic rings.